The number of carbonyl (C=O) groups is 1. The summed E-state index contributed by atoms with van der Waals surface area (Å²) in [4.78, 5) is 19.0. The van der Waals surface area contributed by atoms with Gasteiger partial charge in [-0.05, 0) is 24.6 Å². The smallest absolute Gasteiger partial charge is 0.335 e. The molecule has 0 unspecified atom stereocenters. The van der Waals surface area contributed by atoms with Crippen molar-refractivity contribution in [2.24, 2.45) is 0 Å². The van der Waals surface area contributed by atoms with Crippen molar-refractivity contribution < 1.29 is 14.6 Å². The number of carboxylic acid groups (broad SMARTS) is 1. The number of ether oxygens (including phenoxy) is 1. The number of aromatic carboxylic acids is 1. The van der Waals surface area contributed by atoms with Gasteiger partial charge >= 0.3 is 5.97 Å². The molecule has 0 spiro atoms. The van der Waals surface area contributed by atoms with Crippen LogP contribution in [0.4, 0.5) is 0 Å². The highest BCUT2D eigenvalue weighted by Gasteiger charge is 2.09. The SMILES string of the molecule is CCCc1cc(Oc2ccc(C(=O)O)cc2Cl)ncn1. The molecule has 0 radical (unpaired) electrons. The lowest BCUT2D eigenvalue weighted by molar-refractivity contribution is 0.0697. The van der Waals surface area contributed by atoms with Crippen molar-refractivity contribution in [1.82, 2.24) is 9.97 Å². The highest BCUT2D eigenvalue weighted by molar-refractivity contribution is 6.32. The maximum Gasteiger partial charge on any atom is 0.335 e. The van der Waals surface area contributed by atoms with Crippen molar-refractivity contribution in [3.05, 3.63) is 46.9 Å². The zero-order valence-electron chi connectivity index (χ0n) is 10.8. The summed E-state index contributed by atoms with van der Waals surface area (Å²) in [5.74, 6) is -0.294. The Morgan fingerprint density at radius 1 is 1.35 bits per heavy atom. The highest BCUT2D eigenvalue weighted by atomic mass is 35.5. The van der Waals surface area contributed by atoms with Gasteiger partial charge in [0, 0.05) is 11.8 Å². The fraction of sp³-hybridized carbons (Fsp3) is 0.214. The van der Waals surface area contributed by atoms with Crippen LogP contribution in [0.1, 0.15) is 29.4 Å². The average molecular weight is 293 g/mol. The van der Waals surface area contributed by atoms with Gasteiger partial charge in [-0.3, -0.25) is 0 Å². The fourth-order valence-corrected chi connectivity index (χ4v) is 1.87. The van der Waals surface area contributed by atoms with Gasteiger partial charge in [0.25, 0.3) is 0 Å². The van der Waals surface area contributed by atoms with E-state index in [4.69, 9.17) is 21.4 Å². The summed E-state index contributed by atoms with van der Waals surface area (Å²) < 4.78 is 5.55. The van der Waals surface area contributed by atoms with Crippen LogP contribution in [0.5, 0.6) is 11.6 Å². The number of aromatic nitrogens is 2. The summed E-state index contributed by atoms with van der Waals surface area (Å²) in [6.07, 6.45) is 3.24. The molecule has 2 aromatic rings. The third-order valence-corrected chi connectivity index (χ3v) is 2.89. The molecule has 2 rings (SSSR count). The van der Waals surface area contributed by atoms with Crippen molar-refractivity contribution in [3.63, 3.8) is 0 Å². The Morgan fingerprint density at radius 3 is 2.80 bits per heavy atom. The molecule has 1 aromatic carbocycles. The number of rotatable bonds is 5. The Bertz CT molecular complexity index is 632. The maximum atomic E-state index is 10.8. The van der Waals surface area contributed by atoms with Crippen LogP contribution in [0.15, 0.2) is 30.6 Å². The van der Waals surface area contributed by atoms with Crippen LogP contribution >= 0.6 is 11.6 Å². The van der Waals surface area contributed by atoms with E-state index >= 15 is 0 Å². The lowest BCUT2D eigenvalue weighted by Gasteiger charge is -2.08. The number of benzene rings is 1. The van der Waals surface area contributed by atoms with E-state index < -0.39 is 5.97 Å². The molecule has 0 fully saturated rings. The summed E-state index contributed by atoms with van der Waals surface area (Å²) >= 11 is 5.99. The molecule has 0 atom stereocenters. The van der Waals surface area contributed by atoms with Gasteiger partial charge in [-0.2, -0.15) is 0 Å². The minimum absolute atomic E-state index is 0.108. The molecule has 20 heavy (non-hydrogen) atoms. The molecule has 0 aliphatic rings. The normalized spacial score (nSPS) is 10.3. The van der Waals surface area contributed by atoms with Crippen LogP contribution in [-0.4, -0.2) is 21.0 Å². The number of aryl methyl sites for hydroxylation is 1. The molecule has 1 N–H and O–H groups in total. The highest BCUT2D eigenvalue weighted by Crippen LogP contribution is 2.29. The molecule has 6 heteroatoms. The maximum absolute atomic E-state index is 10.8. The lowest BCUT2D eigenvalue weighted by Crippen LogP contribution is -1.97. The van der Waals surface area contributed by atoms with E-state index in [9.17, 15) is 4.79 Å². The van der Waals surface area contributed by atoms with E-state index in [1.807, 2.05) is 0 Å². The van der Waals surface area contributed by atoms with Gasteiger partial charge in [-0.15, -0.1) is 0 Å². The third kappa shape index (κ3) is 3.45. The van der Waals surface area contributed by atoms with E-state index in [-0.39, 0.29) is 10.6 Å². The molecule has 5 nitrogen and oxygen atoms in total. The van der Waals surface area contributed by atoms with Crippen molar-refractivity contribution in [2.75, 3.05) is 0 Å². The molecule has 1 aromatic heterocycles. The van der Waals surface area contributed by atoms with Crippen LogP contribution in [0.3, 0.4) is 0 Å². The Labute approximate surface area is 121 Å². The molecular formula is C14H13ClN2O3. The van der Waals surface area contributed by atoms with Gasteiger partial charge in [0.05, 0.1) is 10.6 Å². The molecule has 104 valence electrons. The summed E-state index contributed by atoms with van der Waals surface area (Å²) in [6, 6.07) is 6.02. The fourth-order valence-electron chi connectivity index (χ4n) is 1.65. The van der Waals surface area contributed by atoms with E-state index in [0.29, 0.717) is 11.6 Å². The zero-order chi connectivity index (χ0) is 14.5. The second kappa shape index (κ2) is 6.34. The summed E-state index contributed by atoms with van der Waals surface area (Å²) in [7, 11) is 0. The van der Waals surface area contributed by atoms with Gasteiger partial charge in [0.2, 0.25) is 5.88 Å². The van der Waals surface area contributed by atoms with Crippen LogP contribution < -0.4 is 4.74 Å². The van der Waals surface area contributed by atoms with Crippen molar-refractivity contribution in [2.45, 2.75) is 19.8 Å². The molecular weight excluding hydrogens is 280 g/mol. The Hall–Kier alpha value is -2.14. The van der Waals surface area contributed by atoms with E-state index in [1.165, 1.54) is 24.5 Å². The molecule has 0 saturated carbocycles. The second-order valence-corrected chi connectivity index (χ2v) is 4.56. The van der Waals surface area contributed by atoms with Crippen LogP contribution in [0, 0.1) is 0 Å². The largest absolute Gasteiger partial charge is 0.478 e. The molecule has 1 heterocycles. The first-order chi connectivity index (χ1) is 9.60. The number of nitrogens with zero attached hydrogens (tertiary/aromatic N) is 2. The first-order valence-electron chi connectivity index (χ1n) is 6.11. The second-order valence-electron chi connectivity index (χ2n) is 4.15. The number of halogens is 1. The number of hydrogen-bond acceptors (Lipinski definition) is 4. The molecule has 0 saturated heterocycles. The quantitative estimate of drug-likeness (QED) is 0.912. The molecule has 0 aliphatic carbocycles. The van der Waals surface area contributed by atoms with E-state index in [1.54, 1.807) is 6.07 Å². The molecule has 0 amide bonds. The van der Waals surface area contributed by atoms with Crippen molar-refractivity contribution in [1.29, 1.82) is 0 Å². The van der Waals surface area contributed by atoms with Crippen molar-refractivity contribution in [3.8, 4) is 11.6 Å². The first-order valence-corrected chi connectivity index (χ1v) is 6.49. The Morgan fingerprint density at radius 2 is 2.15 bits per heavy atom. The Balaban J connectivity index is 2.21. The zero-order valence-corrected chi connectivity index (χ0v) is 11.6. The molecule has 0 aliphatic heterocycles. The Kier molecular flexibility index (Phi) is 4.53. The average Bonchev–Trinajstić information content (AvgIpc) is 2.42. The van der Waals surface area contributed by atoms with Crippen LogP contribution in [-0.2, 0) is 6.42 Å². The third-order valence-electron chi connectivity index (χ3n) is 2.60. The monoisotopic (exact) mass is 292 g/mol. The molecule has 0 bridgehead atoms. The predicted molar refractivity (Wildman–Crippen MR) is 74.5 cm³/mol. The minimum atomic E-state index is -1.04. The predicted octanol–water partition coefficient (Wildman–Crippen LogP) is 3.57. The van der Waals surface area contributed by atoms with E-state index in [2.05, 4.69) is 16.9 Å². The standard InChI is InChI=1S/C14H13ClN2O3/c1-2-3-10-7-13(17-8-16-10)20-12-5-4-9(14(18)19)6-11(12)15/h4-8H,2-3H2,1H3,(H,18,19). The van der Waals surface area contributed by atoms with Gasteiger partial charge < -0.3 is 9.84 Å². The number of hydrogen-bond donors (Lipinski definition) is 1. The topological polar surface area (TPSA) is 72.3 Å². The summed E-state index contributed by atoms with van der Waals surface area (Å²) in [5, 5.41) is 9.09. The van der Waals surface area contributed by atoms with E-state index in [0.717, 1.165) is 18.5 Å². The summed E-state index contributed by atoms with van der Waals surface area (Å²) in [5.41, 5.74) is 0.993. The van der Waals surface area contributed by atoms with Gasteiger partial charge in [-0.1, -0.05) is 24.9 Å². The summed E-state index contributed by atoms with van der Waals surface area (Å²) in [6.45, 7) is 2.06. The lowest BCUT2D eigenvalue weighted by atomic mass is 10.2. The van der Waals surface area contributed by atoms with Crippen LogP contribution in [0.2, 0.25) is 5.02 Å². The van der Waals surface area contributed by atoms with Gasteiger partial charge in [0.1, 0.15) is 12.1 Å². The van der Waals surface area contributed by atoms with Crippen LogP contribution in [0.25, 0.3) is 0 Å². The first kappa shape index (κ1) is 14.3. The van der Waals surface area contributed by atoms with Gasteiger partial charge in [0.15, 0.2) is 0 Å². The van der Waals surface area contributed by atoms with Crippen molar-refractivity contribution >= 4 is 17.6 Å². The number of carboxylic acids is 1. The minimum Gasteiger partial charge on any atom is -0.478 e. The van der Waals surface area contributed by atoms with Gasteiger partial charge in [-0.25, -0.2) is 14.8 Å².